The van der Waals surface area contributed by atoms with Crippen molar-refractivity contribution in [1.82, 2.24) is 14.5 Å². The first-order chi connectivity index (χ1) is 16.6. The van der Waals surface area contributed by atoms with Gasteiger partial charge in [0.1, 0.15) is 12.6 Å². The average molecular weight is 501 g/mol. The molecule has 8 nitrogen and oxygen atoms in total. The van der Waals surface area contributed by atoms with Gasteiger partial charge in [0.25, 0.3) is 0 Å². The normalized spacial score (nSPS) is 15.1. The molecule has 35 heavy (non-hydrogen) atoms. The van der Waals surface area contributed by atoms with Gasteiger partial charge in [-0.3, -0.25) is 9.59 Å². The Morgan fingerprint density at radius 1 is 1.00 bits per heavy atom. The highest BCUT2D eigenvalue weighted by Crippen LogP contribution is 2.21. The Kier molecular flexibility index (Phi) is 8.91. The molecule has 1 aliphatic rings. The van der Waals surface area contributed by atoms with Gasteiger partial charge in [0.05, 0.1) is 5.69 Å². The molecule has 2 amide bonds. The number of rotatable bonds is 10. The van der Waals surface area contributed by atoms with Crippen molar-refractivity contribution in [1.29, 1.82) is 0 Å². The molecule has 0 saturated heterocycles. The minimum atomic E-state index is -3.95. The van der Waals surface area contributed by atoms with Crippen LogP contribution in [0.25, 0.3) is 0 Å². The summed E-state index contributed by atoms with van der Waals surface area (Å²) >= 11 is 0. The van der Waals surface area contributed by atoms with E-state index in [0.717, 1.165) is 45.4 Å². The molecule has 1 N–H and O–H groups in total. The van der Waals surface area contributed by atoms with Gasteiger partial charge in [-0.2, -0.15) is 12.7 Å². The number of nitrogens with zero attached hydrogens (tertiary/aromatic N) is 3. The fourth-order valence-corrected chi connectivity index (χ4v) is 5.23. The number of para-hydroxylation sites is 1. The summed E-state index contributed by atoms with van der Waals surface area (Å²) in [5.74, 6) is -0.673. The van der Waals surface area contributed by atoms with Crippen molar-refractivity contribution in [2.75, 3.05) is 24.9 Å². The molecule has 3 rings (SSSR count). The zero-order valence-corrected chi connectivity index (χ0v) is 21.8. The highest BCUT2D eigenvalue weighted by Gasteiger charge is 2.33. The summed E-state index contributed by atoms with van der Waals surface area (Å²) < 4.78 is 28.4. The van der Waals surface area contributed by atoms with E-state index in [1.54, 1.807) is 37.3 Å². The maximum atomic E-state index is 13.7. The number of hydrogen-bond donors (Lipinski definition) is 1. The third-order valence-electron chi connectivity index (χ3n) is 6.41. The third-order valence-corrected chi connectivity index (χ3v) is 8.23. The smallest absolute Gasteiger partial charge is 0.304 e. The zero-order chi connectivity index (χ0) is 25.6. The highest BCUT2D eigenvalue weighted by molar-refractivity contribution is 7.90. The molecule has 0 aromatic heterocycles. The van der Waals surface area contributed by atoms with Gasteiger partial charge in [0, 0.05) is 26.7 Å². The van der Waals surface area contributed by atoms with E-state index in [4.69, 9.17) is 0 Å². The Morgan fingerprint density at radius 3 is 2.17 bits per heavy atom. The van der Waals surface area contributed by atoms with Crippen LogP contribution in [0.1, 0.15) is 43.7 Å². The van der Waals surface area contributed by atoms with E-state index in [0.29, 0.717) is 5.69 Å². The lowest BCUT2D eigenvalue weighted by Crippen LogP contribution is -2.53. The summed E-state index contributed by atoms with van der Waals surface area (Å²) in [6.07, 6.45) is 4.04. The van der Waals surface area contributed by atoms with Crippen LogP contribution in [-0.4, -0.2) is 62.2 Å². The van der Waals surface area contributed by atoms with Crippen LogP contribution in [-0.2, 0) is 26.3 Å². The summed E-state index contributed by atoms with van der Waals surface area (Å²) in [4.78, 5) is 28.2. The summed E-state index contributed by atoms with van der Waals surface area (Å²) in [5.41, 5.74) is 2.34. The van der Waals surface area contributed by atoms with Crippen molar-refractivity contribution >= 4 is 27.7 Å². The maximum absolute atomic E-state index is 13.7. The molecule has 1 unspecified atom stereocenters. The number of benzene rings is 2. The molecule has 1 saturated carbocycles. The van der Waals surface area contributed by atoms with Crippen LogP contribution in [0.4, 0.5) is 5.69 Å². The fourth-order valence-electron chi connectivity index (χ4n) is 4.18. The molecule has 2 aromatic rings. The predicted molar refractivity (Wildman–Crippen MR) is 138 cm³/mol. The summed E-state index contributed by atoms with van der Waals surface area (Å²) in [6, 6.07) is 15.6. The Hall–Kier alpha value is -2.91. The molecule has 1 atom stereocenters. The standard InChI is InChI=1S/C26H36N4O4S/c1-20-14-16-22(17-15-20)18-29(21(2)26(32)27-23-10-8-9-11-23)25(31)19-30(35(33,34)28(3)4)24-12-6-5-7-13-24/h5-7,12-17,21,23H,8-11,18-19H2,1-4H3,(H,27,32). The number of aryl methyl sites for hydroxylation is 1. The lowest BCUT2D eigenvalue weighted by Gasteiger charge is -2.33. The predicted octanol–water partition coefficient (Wildman–Crippen LogP) is 3.08. The minimum Gasteiger partial charge on any atom is -0.352 e. The Balaban J connectivity index is 1.89. The lowest BCUT2D eigenvalue weighted by atomic mass is 10.1. The SMILES string of the molecule is Cc1ccc(CN(C(=O)CN(c2ccccc2)S(=O)(=O)N(C)C)C(C)C(=O)NC2CCCC2)cc1. The van der Waals surface area contributed by atoms with Crippen LogP contribution in [0.2, 0.25) is 0 Å². The highest BCUT2D eigenvalue weighted by atomic mass is 32.2. The number of hydrogen-bond acceptors (Lipinski definition) is 4. The molecular weight excluding hydrogens is 464 g/mol. The van der Waals surface area contributed by atoms with E-state index in [1.807, 2.05) is 31.2 Å². The third kappa shape index (κ3) is 6.82. The molecule has 1 aliphatic carbocycles. The van der Waals surface area contributed by atoms with E-state index < -0.39 is 28.7 Å². The first-order valence-corrected chi connectivity index (χ1v) is 13.4. The second-order valence-electron chi connectivity index (χ2n) is 9.31. The maximum Gasteiger partial charge on any atom is 0.304 e. The Labute approximate surface area is 209 Å². The van der Waals surface area contributed by atoms with Gasteiger partial charge >= 0.3 is 10.2 Å². The first-order valence-electron chi connectivity index (χ1n) is 12.0. The molecule has 0 heterocycles. The van der Waals surface area contributed by atoms with Crippen molar-refractivity contribution in [2.45, 2.75) is 58.2 Å². The zero-order valence-electron chi connectivity index (χ0n) is 21.0. The van der Waals surface area contributed by atoms with Gasteiger partial charge in [0.2, 0.25) is 11.8 Å². The van der Waals surface area contributed by atoms with Crippen LogP contribution in [0.15, 0.2) is 54.6 Å². The van der Waals surface area contributed by atoms with Crippen LogP contribution >= 0.6 is 0 Å². The molecule has 0 aliphatic heterocycles. The average Bonchev–Trinajstić information content (AvgIpc) is 3.35. The van der Waals surface area contributed by atoms with Crippen LogP contribution in [0.3, 0.4) is 0 Å². The molecule has 9 heteroatoms. The monoisotopic (exact) mass is 500 g/mol. The molecule has 0 radical (unpaired) electrons. The van der Waals surface area contributed by atoms with E-state index in [2.05, 4.69) is 5.32 Å². The Morgan fingerprint density at radius 2 is 1.60 bits per heavy atom. The van der Waals surface area contributed by atoms with Gasteiger partial charge in [-0.1, -0.05) is 60.9 Å². The number of carbonyl (C=O) groups is 2. The summed E-state index contributed by atoms with van der Waals surface area (Å²) in [5, 5.41) is 3.07. The van der Waals surface area contributed by atoms with E-state index in [1.165, 1.54) is 19.0 Å². The molecule has 0 spiro atoms. The molecule has 1 fully saturated rings. The van der Waals surface area contributed by atoms with Crippen LogP contribution in [0.5, 0.6) is 0 Å². The number of anilines is 1. The van der Waals surface area contributed by atoms with Gasteiger partial charge in [-0.15, -0.1) is 0 Å². The largest absolute Gasteiger partial charge is 0.352 e. The number of nitrogens with one attached hydrogen (secondary N) is 1. The van der Waals surface area contributed by atoms with Crippen LogP contribution < -0.4 is 9.62 Å². The minimum absolute atomic E-state index is 0.121. The summed E-state index contributed by atoms with van der Waals surface area (Å²) in [6.45, 7) is 3.46. The van der Waals surface area contributed by atoms with Gasteiger partial charge < -0.3 is 10.2 Å². The lowest BCUT2D eigenvalue weighted by molar-refractivity contribution is -0.139. The second kappa shape index (κ2) is 11.7. The second-order valence-corrected chi connectivity index (χ2v) is 11.4. The van der Waals surface area contributed by atoms with Crippen molar-refractivity contribution in [2.24, 2.45) is 0 Å². The van der Waals surface area contributed by atoms with Crippen molar-refractivity contribution in [3.8, 4) is 0 Å². The molecular formula is C26H36N4O4S. The first kappa shape index (κ1) is 26.7. The van der Waals surface area contributed by atoms with Gasteiger partial charge in [-0.25, -0.2) is 4.31 Å². The quantitative estimate of drug-likeness (QED) is 0.543. The molecule has 0 bridgehead atoms. The van der Waals surface area contributed by atoms with E-state index in [-0.39, 0.29) is 18.5 Å². The number of carbonyl (C=O) groups excluding carboxylic acids is 2. The van der Waals surface area contributed by atoms with Crippen molar-refractivity contribution in [3.63, 3.8) is 0 Å². The molecule has 190 valence electrons. The Bertz CT molecular complexity index is 1100. The van der Waals surface area contributed by atoms with Crippen LogP contribution in [0, 0.1) is 6.92 Å². The van der Waals surface area contributed by atoms with Gasteiger partial charge in [-0.05, 0) is 44.4 Å². The fraction of sp³-hybridized carbons (Fsp3) is 0.462. The molecule has 2 aromatic carbocycles. The van der Waals surface area contributed by atoms with Crippen molar-refractivity contribution < 1.29 is 18.0 Å². The van der Waals surface area contributed by atoms with Crippen molar-refractivity contribution in [3.05, 3.63) is 65.7 Å². The topological polar surface area (TPSA) is 90.0 Å². The van der Waals surface area contributed by atoms with Gasteiger partial charge in [0.15, 0.2) is 0 Å². The van der Waals surface area contributed by atoms with E-state index >= 15 is 0 Å². The number of amides is 2. The van der Waals surface area contributed by atoms with E-state index in [9.17, 15) is 18.0 Å². The summed E-state index contributed by atoms with van der Waals surface area (Å²) in [7, 11) is -1.09.